The second kappa shape index (κ2) is 9.09. The number of benzene rings is 1. The first kappa shape index (κ1) is 22.0. The van der Waals surface area contributed by atoms with Crippen LogP contribution in [0, 0.1) is 24.6 Å². The molecule has 33 heavy (non-hydrogen) atoms. The lowest BCUT2D eigenvalue weighted by atomic mass is 10.0. The number of hydrogen-bond acceptors (Lipinski definition) is 4. The summed E-state index contributed by atoms with van der Waals surface area (Å²) >= 11 is 0. The molecule has 4 aromatic rings. The molecule has 0 atom stereocenters. The van der Waals surface area contributed by atoms with Crippen LogP contribution < -0.4 is 5.32 Å². The molecule has 0 unspecified atom stereocenters. The molecule has 166 valence electrons. The first-order valence-electron chi connectivity index (χ1n) is 10.4. The molecule has 0 radical (unpaired) electrons. The van der Waals surface area contributed by atoms with Gasteiger partial charge >= 0.3 is 0 Å². The second-order valence-corrected chi connectivity index (χ2v) is 7.94. The van der Waals surface area contributed by atoms with E-state index in [1.54, 1.807) is 42.3 Å². The molecule has 1 amide bonds. The van der Waals surface area contributed by atoms with E-state index in [2.05, 4.69) is 32.1 Å². The Morgan fingerprint density at radius 2 is 2.00 bits per heavy atom. The van der Waals surface area contributed by atoms with E-state index in [0.29, 0.717) is 34.2 Å². The molecule has 4 rings (SSSR count). The number of hydrogen-bond donors (Lipinski definition) is 1. The maximum Gasteiger partial charge on any atom is 0.259 e. The van der Waals surface area contributed by atoms with Gasteiger partial charge in [-0.1, -0.05) is 12.0 Å². The molecule has 8 heteroatoms. The molecule has 0 fully saturated rings. The Morgan fingerprint density at radius 3 is 2.73 bits per heavy atom. The Balaban J connectivity index is 1.60. The number of amides is 1. The van der Waals surface area contributed by atoms with Gasteiger partial charge in [-0.05, 0) is 56.5 Å². The molecular weight excluding hydrogens is 419 g/mol. The summed E-state index contributed by atoms with van der Waals surface area (Å²) < 4.78 is 18.4. The van der Waals surface area contributed by atoms with Crippen LogP contribution in [0.15, 0.2) is 55.2 Å². The van der Waals surface area contributed by atoms with Crippen LogP contribution in [-0.2, 0) is 7.05 Å². The number of nitrogens with zero attached hydrogens (tertiary/aromatic N) is 5. The van der Waals surface area contributed by atoms with Crippen molar-refractivity contribution in [3.8, 4) is 23.4 Å². The van der Waals surface area contributed by atoms with Gasteiger partial charge in [-0.3, -0.25) is 4.79 Å². The van der Waals surface area contributed by atoms with Crippen molar-refractivity contribution in [3.63, 3.8) is 0 Å². The van der Waals surface area contributed by atoms with Gasteiger partial charge in [0.05, 0.1) is 11.9 Å². The van der Waals surface area contributed by atoms with Crippen molar-refractivity contribution in [2.75, 3.05) is 5.32 Å². The van der Waals surface area contributed by atoms with Gasteiger partial charge < -0.3 is 14.5 Å². The van der Waals surface area contributed by atoms with Gasteiger partial charge in [0.25, 0.3) is 5.91 Å². The van der Waals surface area contributed by atoms with Gasteiger partial charge in [0.1, 0.15) is 23.0 Å². The number of aryl methyl sites for hydroxylation is 2. The number of halogens is 1. The van der Waals surface area contributed by atoms with Crippen LogP contribution in [0.1, 0.15) is 47.1 Å². The Labute approximate surface area is 191 Å². The van der Waals surface area contributed by atoms with Crippen molar-refractivity contribution in [1.82, 2.24) is 24.1 Å². The summed E-state index contributed by atoms with van der Waals surface area (Å²) in [5.74, 6) is 5.67. The first-order chi connectivity index (χ1) is 15.8. The minimum Gasteiger partial charge on any atom is -0.339 e. The number of aromatic nitrogens is 5. The van der Waals surface area contributed by atoms with Gasteiger partial charge in [0.15, 0.2) is 5.82 Å². The van der Waals surface area contributed by atoms with E-state index in [0.717, 1.165) is 0 Å². The second-order valence-electron chi connectivity index (χ2n) is 7.94. The molecule has 0 saturated heterocycles. The topological polar surface area (TPSA) is 77.6 Å². The monoisotopic (exact) mass is 442 g/mol. The standard InChI is InChI=1S/C25H23FN6O/c1-16(2)32-11-10-27-24(32)22-6-5-7-23(29-22)30-25(33)20-13-18(17(3)12-21(20)26)8-9-19-14-31(4)15-28-19/h5-7,10-16H,1-4H3,(H,29,30,33). The van der Waals surface area contributed by atoms with E-state index in [9.17, 15) is 9.18 Å². The fourth-order valence-corrected chi connectivity index (χ4v) is 3.33. The van der Waals surface area contributed by atoms with Gasteiger partial charge in [0, 0.05) is 37.2 Å². The summed E-state index contributed by atoms with van der Waals surface area (Å²) in [6.45, 7) is 5.84. The fourth-order valence-electron chi connectivity index (χ4n) is 3.33. The summed E-state index contributed by atoms with van der Waals surface area (Å²) in [5, 5.41) is 2.68. The lowest BCUT2D eigenvalue weighted by molar-refractivity contribution is 0.102. The van der Waals surface area contributed by atoms with Gasteiger partial charge in [-0.25, -0.2) is 19.3 Å². The summed E-state index contributed by atoms with van der Waals surface area (Å²) in [5.41, 5.74) is 2.27. The smallest absolute Gasteiger partial charge is 0.259 e. The van der Waals surface area contributed by atoms with Crippen molar-refractivity contribution < 1.29 is 9.18 Å². The molecule has 0 spiro atoms. The zero-order valence-corrected chi connectivity index (χ0v) is 18.8. The predicted octanol–water partition coefficient (Wildman–Crippen LogP) is 4.36. The van der Waals surface area contributed by atoms with Crippen LogP contribution in [0.3, 0.4) is 0 Å². The Bertz CT molecular complexity index is 1390. The molecule has 7 nitrogen and oxygen atoms in total. The van der Waals surface area contributed by atoms with Crippen LogP contribution in [0.4, 0.5) is 10.2 Å². The summed E-state index contributed by atoms with van der Waals surface area (Å²) in [6, 6.07) is 8.19. The van der Waals surface area contributed by atoms with E-state index in [-0.39, 0.29) is 11.6 Å². The number of carbonyl (C=O) groups is 1. The first-order valence-corrected chi connectivity index (χ1v) is 10.4. The number of pyridine rings is 1. The lowest BCUT2D eigenvalue weighted by Crippen LogP contribution is -2.15. The summed E-state index contributed by atoms with van der Waals surface area (Å²) in [7, 11) is 1.85. The van der Waals surface area contributed by atoms with Crippen LogP contribution >= 0.6 is 0 Å². The normalized spacial score (nSPS) is 10.7. The molecule has 1 N–H and O–H groups in total. The van der Waals surface area contributed by atoms with E-state index in [1.165, 1.54) is 12.1 Å². The minimum absolute atomic E-state index is 0.109. The zero-order valence-electron chi connectivity index (χ0n) is 18.8. The number of anilines is 1. The average Bonchev–Trinajstić information content (AvgIpc) is 3.42. The van der Waals surface area contributed by atoms with Crippen molar-refractivity contribution in [3.05, 3.63) is 83.5 Å². The molecule has 0 aliphatic heterocycles. The van der Waals surface area contributed by atoms with E-state index < -0.39 is 11.7 Å². The van der Waals surface area contributed by atoms with E-state index >= 15 is 0 Å². The molecule has 3 aromatic heterocycles. The van der Waals surface area contributed by atoms with Crippen LogP contribution in [0.5, 0.6) is 0 Å². The van der Waals surface area contributed by atoms with Crippen LogP contribution in [0.25, 0.3) is 11.5 Å². The maximum atomic E-state index is 14.6. The molecule has 0 saturated carbocycles. The number of imidazole rings is 2. The van der Waals surface area contributed by atoms with E-state index in [4.69, 9.17) is 0 Å². The van der Waals surface area contributed by atoms with Crippen LogP contribution in [-0.4, -0.2) is 30.0 Å². The Morgan fingerprint density at radius 1 is 1.18 bits per heavy atom. The van der Waals surface area contributed by atoms with Gasteiger partial charge in [-0.15, -0.1) is 0 Å². The number of carbonyl (C=O) groups excluding carboxylic acids is 1. The summed E-state index contributed by atoms with van der Waals surface area (Å²) in [4.78, 5) is 25.9. The van der Waals surface area contributed by atoms with Crippen molar-refractivity contribution >= 4 is 11.7 Å². The Hall–Kier alpha value is -4.25. The highest BCUT2D eigenvalue weighted by Crippen LogP contribution is 2.22. The lowest BCUT2D eigenvalue weighted by Gasteiger charge is -2.12. The van der Waals surface area contributed by atoms with Crippen molar-refractivity contribution in [2.24, 2.45) is 7.05 Å². The number of nitrogens with one attached hydrogen (secondary N) is 1. The zero-order chi connectivity index (χ0) is 23.5. The van der Waals surface area contributed by atoms with Gasteiger partial charge in [-0.2, -0.15) is 0 Å². The van der Waals surface area contributed by atoms with Gasteiger partial charge in [0.2, 0.25) is 0 Å². The largest absolute Gasteiger partial charge is 0.339 e. The molecule has 0 bridgehead atoms. The average molecular weight is 442 g/mol. The highest BCUT2D eigenvalue weighted by molar-refractivity contribution is 6.04. The summed E-state index contributed by atoms with van der Waals surface area (Å²) in [6.07, 6.45) is 7.01. The Kier molecular flexibility index (Phi) is 6.05. The third-order valence-corrected chi connectivity index (χ3v) is 5.03. The predicted molar refractivity (Wildman–Crippen MR) is 124 cm³/mol. The quantitative estimate of drug-likeness (QED) is 0.477. The third-order valence-electron chi connectivity index (χ3n) is 5.03. The van der Waals surface area contributed by atoms with Crippen LogP contribution in [0.2, 0.25) is 0 Å². The molecule has 3 heterocycles. The van der Waals surface area contributed by atoms with Crippen molar-refractivity contribution in [1.29, 1.82) is 0 Å². The number of rotatable bonds is 4. The van der Waals surface area contributed by atoms with Crippen molar-refractivity contribution in [2.45, 2.75) is 26.8 Å². The molecule has 0 aliphatic rings. The molecule has 0 aliphatic carbocycles. The highest BCUT2D eigenvalue weighted by Gasteiger charge is 2.16. The SMILES string of the molecule is Cc1cc(F)c(C(=O)Nc2cccc(-c3nccn3C(C)C)n2)cc1C#Cc1cn(C)cn1. The highest BCUT2D eigenvalue weighted by atomic mass is 19.1. The fraction of sp³-hybridized carbons (Fsp3) is 0.200. The third kappa shape index (κ3) is 4.83. The molecular formula is C25H23FN6O. The maximum absolute atomic E-state index is 14.6. The van der Waals surface area contributed by atoms with E-state index in [1.807, 2.05) is 37.7 Å². The minimum atomic E-state index is -0.625. The molecule has 1 aromatic carbocycles.